The minimum absolute atomic E-state index is 0.170. The third-order valence-electron chi connectivity index (χ3n) is 3.59. The molecule has 0 aromatic rings. The van der Waals surface area contributed by atoms with E-state index in [9.17, 15) is 13.2 Å². The minimum Gasteiger partial charge on any atom is -0.314 e. The van der Waals surface area contributed by atoms with Gasteiger partial charge in [-0.3, -0.25) is 0 Å². The van der Waals surface area contributed by atoms with Gasteiger partial charge in [0, 0.05) is 19.1 Å². The van der Waals surface area contributed by atoms with Crippen LogP contribution in [-0.2, 0) is 0 Å². The summed E-state index contributed by atoms with van der Waals surface area (Å²) >= 11 is 0. The number of nitrogens with zero attached hydrogens (tertiary/aromatic N) is 1. The van der Waals surface area contributed by atoms with E-state index in [1.165, 1.54) is 12.8 Å². The Labute approximate surface area is 101 Å². The fraction of sp³-hybridized carbons (Fsp3) is 1.00. The van der Waals surface area contributed by atoms with Crippen molar-refractivity contribution in [1.82, 2.24) is 10.2 Å². The van der Waals surface area contributed by atoms with Gasteiger partial charge in [-0.05, 0) is 44.7 Å². The van der Waals surface area contributed by atoms with E-state index in [-0.39, 0.29) is 6.54 Å². The molecule has 100 valence electrons. The average molecular weight is 250 g/mol. The highest BCUT2D eigenvalue weighted by Gasteiger charge is 2.29. The van der Waals surface area contributed by atoms with E-state index >= 15 is 0 Å². The molecule has 1 aliphatic carbocycles. The van der Waals surface area contributed by atoms with Crippen LogP contribution in [0.2, 0.25) is 0 Å². The highest BCUT2D eigenvalue weighted by Crippen LogP contribution is 2.23. The molecule has 1 saturated heterocycles. The molecule has 2 fully saturated rings. The Hall–Kier alpha value is -0.290. The van der Waals surface area contributed by atoms with Crippen LogP contribution in [0.1, 0.15) is 32.1 Å². The van der Waals surface area contributed by atoms with Gasteiger partial charge >= 0.3 is 6.18 Å². The van der Waals surface area contributed by atoms with Crippen molar-refractivity contribution in [1.29, 1.82) is 0 Å². The summed E-state index contributed by atoms with van der Waals surface area (Å²) in [7, 11) is 0. The second kappa shape index (κ2) is 5.57. The van der Waals surface area contributed by atoms with Crippen molar-refractivity contribution in [2.75, 3.05) is 26.2 Å². The summed E-state index contributed by atoms with van der Waals surface area (Å²) in [5.74, 6) is 0.539. The van der Waals surface area contributed by atoms with Crippen molar-refractivity contribution >= 4 is 0 Å². The summed E-state index contributed by atoms with van der Waals surface area (Å²) in [6.45, 7) is 2.81. The Bertz CT molecular complexity index is 238. The summed E-state index contributed by atoms with van der Waals surface area (Å²) in [5, 5.41) is 3.47. The van der Waals surface area contributed by atoms with Gasteiger partial charge in [-0.1, -0.05) is 0 Å². The number of alkyl halides is 3. The first kappa shape index (κ1) is 13.1. The van der Waals surface area contributed by atoms with Crippen molar-refractivity contribution in [3.8, 4) is 0 Å². The van der Waals surface area contributed by atoms with Crippen LogP contribution in [0.3, 0.4) is 0 Å². The van der Waals surface area contributed by atoms with Crippen LogP contribution in [0.4, 0.5) is 13.2 Å². The maximum absolute atomic E-state index is 12.1. The summed E-state index contributed by atoms with van der Waals surface area (Å²) in [6, 6.07) is 0.695. The Morgan fingerprint density at radius 2 is 1.94 bits per heavy atom. The average Bonchev–Trinajstić information content (AvgIpc) is 3.07. The smallest absolute Gasteiger partial charge is 0.314 e. The number of piperidine rings is 1. The lowest BCUT2D eigenvalue weighted by Crippen LogP contribution is -2.41. The summed E-state index contributed by atoms with van der Waals surface area (Å²) in [6.07, 6.45) is 0.0428. The molecule has 17 heavy (non-hydrogen) atoms. The number of hydrogen-bond donors (Lipinski definition) is 1. The fourth-order valence-corrected chi connectivity index (χ4v) is 2.43. The molecule has 0 radical (unpaired) electrons. The monoisotopic (exact) mass is 250 g/mol. The molecule has 5 heteroatoms. The molecule has 1 saturated carbocycles. The summed E-state index contributed by atoms with van der Waals surface area (Å²) in [4.78, 5) is 1.97. The molecular weight excluding hydrogens is 229 g/mol. The molecule has 1 N–H and O–H groups in total. The fourth-order valence-electron chi connectivity index (χ4n) is 2.43. The first-order valence-corrected chi connectivity index (χ1v) is 6.55. The predicted octanol–water partition coefficient (Wildman–Crippen LogP) is 2.40. The minimum atomic E-state index is -4.01. The number of rotatable bonds is 5. The normalized spacial score (nSPS) is 27.4. The number of nitrogens with one attached hydrogen (secondary N) is 1. The van der Waals surface area contributed by atoms with Crippen LogP contribution in [0, 0.1) is 5.92 Å². The van der Waals surface area contributed by atoms with Crippen molar-refractivity contribution in [3.05, 3.63) is 0 Å². The van der Waals surface area contributed by atoms with Gasteiger partial charge in [0.25, 0.3) is 0 Å². The molecule has 1 unspecified atom stereocenters. The van der Waals surface area contributed by atoms with Crippen molar-refractivity contribution in [2.45, 2.75) is 44.3 Å². The van der Waals surface area contributed by atoms with Gasteiger partial charge in [0.1, 0.15) is 0 Å². The third-order valence-corrected chi connectivity index (χ3v) is 3.59. The molecule has 0 aromatic carbocycles. The van der Waals surface area contributed by atoms with Crippen LogP contribution in [-0.4, -0.2) is 43.3 Å². The van der Waals surface area contributed by atoms with Crippen LogP contribution < -0.4 is 5.32 Å². The van der Waals surface area contributed by atoms with Crippen molar-refractivity contribution < 1.29 is 13.2 Å². The summed E-state index contributed by atoms with van der Waals surface area (Å²) < 4.78 is 36.4. The van der Waals surface area contributed by atoms with E-state index in [1.807, 2.05) is 4.90 Å². The van der Waals surface area contributed by atoms with Crippen LogP contribution in [0.5, 0.6) is 0 Å². The lowest BCUT2D eigenvalue weighted by Gasteiger charge is -2.33. The van der Waals surface area contributed by atoms with Gasteiger partial charge in [0.05, 0.1) is 6.42 Å². The zero-order valence-electron chi connectivity index (χ0n) is 10.1. The molecule has 2 aliphatic rings. The molecule has 2 rings (SSSR count). The van der Waals surface area contributed by atoms with E-state index in [2.05, 4.69) is 5.32 Å². The van der Waals surface area contributed by atoms with E-state index in [0.717, 1.165) is 32.5 Å². The molecule has 0 aromatic heterocycles. The lowest BCUT2D eigenvalue weighted by molar-refractivity contribution is -0.138. The molecule has 2 nitrogen and oxygen atoms in total. The standard InChI is InChI=1S/C12H21F3N2/c13-12(14,15)5-7-17-6-1-2-10(9-17)8-16-11-3-4-11/h10-11,16H,1-9H2. The molecule has 0 bridgehead atoms. The highest BCUT2D eigenvalue weighted by molar-refractivity contribution is 4.83. The first-order chi connectivity index (χ1) is 8.03. The van der Waals surface area contributed by atoms with Gasteiger partial charge in [0.15, 0.2) is 0 Å². The van der Waals surface area contributed by atoms with Crippen LogP contribution >= 0.6 is 0 Å². The molecule has 0 amide bonds. The summed E-state index contributed by atoms with van der Waals surface area (Å²) in [5.41, 5.74) is 0. The molecule has 1 heterocycles. The second-order valence-corrected chi connectivity index (χ2v) is 5.36. The van der Waals surface area contributed by atoms with E-state index in [0.29, 0.717) is 12.0 Å². The van der Waals surface area contributed by atoms with E-state index in [4.69, 9.17) is 0 Å². The topological polar surface area (TPSA) is 15.3 Å². The van der Waals surface area contributed by atoms with Crippen molar-refractivity contribution in [2.24, 2.45) is 5.92 Å². The van der Waals surface area contributed by atoms with Crippen molar-refractivity contribution in [3.63, 3.8) is 0 Å². The van der Waals surface area contributed by atoms with E-state index < -0.39 is 12.6 Å². The molecule has 0 spiro atoms. The van der Waals surface area contributed by atoms with Gasteiger partial charge < -0.3 is 10.2 Å². The second-order valence-electron chi connectivity index (χ2n) is 5.36. The Morgan fingerprint density at radius 1 is 1.18 bits per heavy atom. The molecular formula is C12H21F3N2. The van der Waals surface area contributed by atoms with Gasteiger partial charge in [-0.15, -0.1) is 0 Å². The quantitative estimate of drug-likeness (QED) is 0.806. The largest absolute Gasteiger partial charge is 0.390 e. The Morgan fingerprint density at radius 3 is 2.59 bits per heavy atom. The first-order valence-electron chi connectivity index (χ1n) is 6.55. The zero-order valence-corrected chi connectivity index (χ0v) is 10.1. The zero-order chi connectivity index (χ0) is 12.3. The molecule has 1 atom stereocenters. The number of hydrogen-bond acceptors (Lipinski definition) is 2. The van der Waals surface area contributed by atoms with Gasteiger partial charge in [-0.2, -0.15) is 13.2 Å². The third kappa shape index (κ3) is 5.25. The Kier molecular flexibility index (Phi) is 4.31. The highest BCUT2D eigenvalue weighted by atomic mass is 19.4. The lowest BCUT2D eigenvalue weighted by atomic mass is 9.98. The maximum atomic E-state index is 12.1. The maximum Gasteiger partial charge on any atom is 0.390 e. The van der Waals surface area contributed by atoms with E-state index in [1.54, 1.807) is 0 Å². The van der Waals surface area contributed by atoms with Gasteiger partial charge in [0.2, 0.25) is 0 Å². The number of likely N-dealkylation sites (tertiary alicyclic amines) is 1. The predicted molar refractivity (Wildman–Crippen MR) is 60.9 cm³/mol. The SMILES string of the molecule is FC(F)(F)CCN1CCCC(CNC2CC2)C1. The van der Waals surface area contributed by atoms with Crippen LogP contribution in [0.15, 0.2) is 0 Å². The van der Waals surface area contributed by atoms with Crippen LogP contribution in [0.25, 0.3) is 0 Å². The Balaban J connectivity index is 1.64. The number of halogens is 3. The van der Waals surface area contributed by atoms with Gasteiger partial charge in [-0.25, -0.2) is 0 Å². The molecule has 1 aliphatic heterocycles.